The van der Waals surface area contributed by atoms with E-state index < -0.39 is 11.8 Å². The standard InChI is InChI=1S/C9H14F3NO/c10-9(11,12)8(14)2-1-6-4-13-5-7(6)3-8/h6-7,13-14H,1-5H2. The number of aliphatic hydroxyl groups is 1. The average molecular weight is 209 g/mol. The van der Waals surface area contributed by atoms with Gasteiger partial charge in [0.2, 0.25) is 0 Å². The Labute approximate surface area is 80.5 Å². The van der Waals surface area contributed by atoms with Crippen LogP contribution in [0.15, 0.2) is 0 Å². The summed E-state index contributed by atoms with van der Waals surface area (Å²) in [4.78, 5) is 0. The van der Waals surface area contributed by atoms with Crippen LogP contribution in [-0.4, -0.2) is 30.0 Å². The third kappa shape index (κ3) is 1.52. The van der Waals surface area contributed by atoms with E-state index in [4.69, 9.17) is 0 Å². The Morgan fingerprint density at radius 3 is 2.50 bits per heavy atom. The first-order valence-electron chi connectivity index (χ1n) is 4.92. The van der Waals surface area contributed by atoms with E-state index in [0.29, 0.717) is 18.9 Å². The molecule has 1 aliphatic heterocycles. The lowest BCUT2D eigenvalue weighted by atomic mass is 9.73. The Bertz CT molecular complexity index is 231. The average Bonchev–Trinajstić information content (AvgIpc) is 2.48. The highest BCUT2D eigenvalue weighted by Crippen LogP contribution is 2.46. The second-order valence-electron chi connectivity index (χ2n) is 4.45. The third-order valence-corrected chi connectivity index (χ3v) is 3.54. The van der Waals surface area contributed by atoms with Crippen LogP contribution in [-0.2, 0) is 0 Å². The zero-order chi connectivity index (χ0) is 10.4. The van der Waals surface area contributed by atoms with Gasteiger partial charge in [-0.3, -0.25) is 0 Å². The van der Waals surface area contributed by atoms with Crippen molar-refractivity contribution in [2.75, 3.05) is 13.1 Å². The Hall–Kier alpha value is -0.290. The first-order valence-corrected chi connectivity index (χ1v) is 4.92. The summed E-state index contributed by atoms with van der Waals surface area (Å²) in [7, 11) is 0. The van der Waals surface area contributed by atoms with Crippen molar-refractivity contribution in [3.63, 3.8) is 0 Å². The molecule has 0 aromatic heterocycles. The zero-order valence-electron chi connectivity index (χ0n) is 7.77. The van der Waals surface area contributed by atoms with Gasteiger partial charge in [-0.25, -0.2) is 0 Å². The molecule has 3 atom stereocenters. The molecule has 1 heterocycles. The zero-order valence-corrected chi connectivity index (χ0v) is 7.77. The number of fused-ring (bicyclic) bond motifs is 1. The van der Waals surface area contributed by atoms with Gasteiger partial charge in [0.1, 0.15) is 0 Å². The van der Waals surface area contributed by atoms with Crippen LogP contribution < -0.4 is 5.32 Å². The number of hydrogen-bond acceptors (Lipinski definition) is 2. The van der Waals surface area contributed by atoms with Gasteiger partial charge in [-0.05, 0) is 44.2 Å². The summed E-state index contributed by atoms with van der Waals surface area (Å²) in [6.45, 7) is 1.42. The van der Waals surface area contributed by atoms with Crippen LogP contribution >= 0.6 is 0 Å². The molecule has 1 saturated heterocycles. The number of rotatable bonds is 0. The van der Waals surface area contributed by atoms with Gasteiger partial charge in [0, 0.05) is 0 Å². The molecule has 0 radical (unpaired) electrons. The lowest BCUT2D eigenvalue weighted by Crippen LogP contribution is -2.50. The molecular formula is C9H14F3NO. The molecule has 3 unspecified atom stereocenters. The smallest absolute Gasteiger partial charge is 0.380 e. The van der Waals surface area contributed by atoms with Crippen LogP contribution in [0, 0.1) is 11.8 Å². The van der Waals surface area contributed by atoms with Crippen molar-refractivity contribution in [2.45, 2.75) is 31.0 Å². The van der Waals surface area contributed by atoms with E-state index in [9.17, 15) is 18.3 Å². The normalized spacial score (nSPS) is 43.7. The van der Waals surface area contributed by atoms with Crippen LogP contribution in [0.5, 0.6) is 0 Å². The molecule has 14 heavy (non-hydrogen) atoms. The fourth-order valence-electron chi connectivity index (χ4n) is 2.58. The van der Waals surface area contributed by atoms with Crippen LogP contribution in [0.1, 0.15) is 19.3 Å². The number of hydrogen-bond donors (Lipinski definition) is 2. The summed E-state index contributed by atoms with van der Waals surface area (Å²) in [6.07, 6.45) is -4.26. The van der Waals surface area contributed by atoms with Crippen LogP contribution in [0.25, 0.3) is 0 Å². The highest BCUT2D eigenvalue weighted by molar-refractivity contribution is 4.98. The molecule has 2 aliphatic rings. The lowest BCUT2D eigenvalue weighted by Gasteiger charge is -2.39. The summed E-state index contributed by atoms with van der Waals surface area (Å²) < 4.78 is 37.5. The molecule has 2 nitrogen and oxygen atoms in total. The van der Waals surface area contributed by atoms with Crippen LogP contribution in [0.3, 0.4) is 0 Å². The Balaban J connectivity index is 2.10. The summed E-state index contributed by atoms with van der Waals surface area (Å²) in [6, 6.07) is 0. The molecule has 1 saturated carbocycles. The van der Waals surface area contributed by atoms with Crippen molar-refractivity contribution in [2.24, 2.45) is 11.8 Å². The molecule has 1 aliphatic carbocycles. The van der Waals surface area contributed by atoms with E-state index in [0.717, 1.165) is 6.54 Å². The van der Waals surface area contributed by atoms with Crippen molar-refractivity contribution in [1.82, 2.24) is 5.32 Å². The first kappa shape index (κ1) is 10.2. The van der Waals surface area contributed by atoms with Crippen molar-refractivity contribution in [3.05, 3.63) is 0 Å². The van der Waals surface area contributed by atoms with E-state index in [-0.39, 0.29) is 18.8 Å². The van der Waals surface area contributed by atoms with Gasteiger partial charge in [0.05, 0.1) is 0 Å². The third-order valence-electron chi connectivity index (χ3n) is 3.54. The monoisotopic (exact) mass is 209 g/mol. The molecule has 2 fully saturated rings. The molecule has 2 rings (SSSR count). The van der Waals surface area contributed by atoms with E-state index in [1.807, 2.05) is 0 Å². The molecular weight excluding hydrogens is 195 g/mol. The van der Waals surface area contributed by atoms with Crippen molar-refractivity contribution in [3.8, 4) is 0 Å². The van der Waals surface area contributed by atoms with Gasteiger partial charge in [-0.1, -0.05) is 0 Å². The van der Waals surface area contributed by atoms with Crippen molar-refractivity contribution in [1.29, 1.82) is 0 Å². The van der Waals surface area contributed by atoms with E-state index >= 15 is 0 Å². The SMILES string of the molecule is OC1(C(F)(F)F)CCC2CNCC2C1. The Morgan fingerprint density at radius 2 is 1.86 bits per heavy atom. The predicted octanol–water partition coefficient (Wildman–Crippen LogP) is 1.30. The van der Waals surface area contributed by atoms with Gasteiger partial charge in [-0.2, -0.15) is 13.2 Å². The van der Waals surface area contributed by atoms with E-state index in [1.165, 1.54) is 0 Å². The molecule has 0 aromatic rings. The van der Waals surface area contributed by atoms with Crippen molar-refractivity contribution >= 4 is 0 Å². The topological polar surface area (TPSA) is 32.3 Å². The fraction of sp³-hybridized carbons (Fsp3) is 1.00. The largest absolute Gasteiger partial charge is 0.417 e. The number of alkyl halides is 3. The second kappa shape index (κ2) is 3.10. The minimum absolute atomic E-state index is 0.00428. The minimum Gasteiger partial charge on any atom is -0.380 e. The van der Waals surface area contributed by atoms with Crippen molar-refractivity contribution < 1.29 is 18.3 Å². The number of nitrogens with one attached hydrogen (secondary N) is 1. The second-order valence-corrected chi connectivity index (χ2v) is 4.45. The van der Waals surface area contributed by atoms with Gasteiger partial charge < -0.3 is 10.4 Å². The molecule has 2 N–H and O–H groups in total. The summed E-state index contributed by atoms with van der Waals surface area (Å²) in [5.74, 6) is 0.327. The number of halogens is 3. The summed E-state index contributed by atoms with van der Waals surface area (Å²) >= 11 is 0. The predicted molar refractivity (Wildman–Crippen MR) is 44.7 cm³/mol. The quantitative estimate of drug-likeness (QED) is 0.630. The summed E-state index contributed by atoms with van der Waals surface area (Å²) in [5, 5.41) is 12.6. The molecule has 0 aromatic carbocycles. The fourth-order valence-corrected chi connectivity index (χ4v) is 2.58. The Kier molecular flexibility index (Phi) is 2.27. The highest BCUT2D eigenvalue weighted by Gasteiger charge is 2.57. The van der Waals surface area contributed by atoms with Gasteiger partial charge >= 0.3 is 6.18 Å². The molecule has 0 bridgehead atoms. The maximum Gasteiger partial charge on any atom is 0.417 e. The van der Waals surface area contributed by atoms with Crippen LogP contribution in [0.2, 0.25) is 0 Å². The molecule has 5 heteroatoms. The maximum atomic E-state index is 12.5. The van der Waals surface area contributed by atoms with Gasteiger partial charge in [0.15, 0.2) is 5.60 Å². The highest BCUT2D eigenvalue weighted by atomic mass is 19.4. The summed E-state index contributed by atoms with van der Waals surface area (Å²) in [5.41, 5.74) is -2.43. The molecule has 82 valence electrons. The maximum absolute atomic E-state index is 12.5. The Morgan fingerprint density at radius 1 is 1.21 bits per heavy atom. The molecule has 0 spiro atoms. The van der Waals surface area contributed by atoms with Crippen LogP contribution in [0.4, 0.5) is 13.2 Å². The molecule has 0 amide bonds. The first-order chi connectivity index (χ1) is 6.42. The van der Waals surface area contributed by atoms with E-state index in [2.05, 4.69) is 5.32 Å². The van der Waals surface area contributed by atoms with E-state index in [1.54, 1.807) is 0 Å². The van der Waals surface area contributed by atoms with Gasteiger partial charge in [0.25, 0.3) is 0 Å². The lowest BCUT2D eigenvalue weighted by molar-refractivity contribution is -0.275. The van der Waals surface area contributed by atoms with Gasteiger partial charge in [-0.15, -0.1) is 0 Å². The minimum atomic E-state index is -4.47.